The summed E-state index contributed by atoms with van der Waals surface area (Å²) in [6.07, 6.45) is 0. The summed E-state index contributed by atoms with van der Waals surface area (Å²) in [6.45, 7) is 0. The van der Waals surface area contributed by atoms with E-state index >= 15 is 0 Å². The molecule has 20 heavy (non-hydrogen) atoms. The Morgan fingerprint density at radius 1 is 1.00 bits per heavy atom. The number of H-pyrrole nitrogens is 1. The van der Waals surface area contributed by atoms with Gasteiger partial charge in [-0.1, -0.05) is 34.8 Å². The van der Waals surface area contributed by atoms with E-state index in [1.54, 1.807) is 0 Å². The van der Waals surface area contributed by atoms with Crippen LogP contribution in [-0.2, 0) is 10.1 Å². The molecule has 0 saturated carbocycles. The van der Waals surface area contributed by atoms with Gasteiger partial charge in [0.15, 0.2) is 15.1 Å². The van der Waals surface area contributed by atoms with Crippen LogP contribution in [0.4, 0.5) is 17.6 Å². The molecule has 14 heteroatoms. The Morgan fingerprint density at radius 3 is 1.65 bits per heavy atom. The first kappa shape index (κ1) is 22.5. The number of aromatic nitrogens is 1. The van der Waals surface area contributed by atoms with Crippen molar-refractivity contribution in [3.05, 3.63) is 26.2 Å². The first-order valence-corrected chi connectivity index (χ1v) is 6.64. The standard InChI is InChI=1S/C5Cl4FN.CHF3O3S.ClH/c6-1-2(7)4(9)11-5(10)3(1)8;2-1(3,4)8(5,6)7;/h;(H,5,6,7);1H/p-1. The van der Waals surface area contributed by atoms with Gasteiger partial charge in [0.2, 0.25) is 0 Å². The molecule has 1 aromatic rings. The van der Waals surface area contributed by atoms with E-state index in [0.29, 0.717) is 0 Å². The quantitative estimate of drug-likeness (QED) is 0.263. The number of hydrogen-bond acceptors (Lipinski definition) is 3. The molecule has 1 aromatic heterocycles. The van der Waals surface area contributed by atoms with E-state index in [9.17, 15) is 17.6 Å². The summed E-state index contributed by atoms with van der Waals surface area (Å²) in [5, 5.41) is -0.408. The molecule has 1 heterocycles. The SMILES string of the molecule is Fc1[nH+]c(Cl)c(Cl)c(Cl)c1Cl.O=S(=O)([O-])C(F)(F)F.[Cl-]. The van der Waals surface area contributed by atoms with Crippen LogP contribution in [0.2, 0.25) is 20.2 Å². The molecule has 0 spiro atoms. The Bertz CT molecular complexity index is 553. The van der Waals surface area contributed by atoms with Gasteiger partial charge in [-0.15, -0.1) is 4.39 Å². The van der Waals surface area contributed by atoms with Crippen LogP contribution in [0, 0.1) is 5.95 Å². The molecule has 0 saturated heterocycles. The molecule has 118 valence electrons. The molecule has 0 radical (unpaired) electrons. The highest BCUT2D eigenvalue weighted by molar-refractivity contribution is 7.86. The Morgan fingerprint density at radius 2 is 1.35 bits per heavy atom. The van der Waals surface area contributed by atoms with Gasteiger partial charge >= 0.3 is 11.5 Å². The molecule has 1 N–H and O–H groups in total. The van der Waals surface area contributed by atoms with Gasteiger partial charge in [0.1, 0.15) is 5.02 Å². The minimum atomic E-state index is -6.09. The summed E-state index contributed by atoms with van der Waals surface area (Å²) in [5.74, 6) is -0.800. The van der Waals surface area contributed by atoms with Crippen molar-refractivity contribution in [2.24, 2.45) is 0 Å². The number of rotatable bonds is 0. The average Bonchev–Trinajstić information content (AvgIpc) is 2.22. The average molecular weight is 420 g/mol. The molecule has 0 fully saturated rings. The van der Waals surface area contributed by atoms with Crippen molar-refractivity contribution in [3.8, 4) is 0 Å². The molecule has 0 atom stereocenters. The van der Waals surface area contributed by atoms with Gasteiger partial charge in [0.25, 0.3) is 5.15 Å². The van der Waals surface area contributed by atoms with Gasteiger partial charge in [0, 0.05) is 0 Å². The first-order chi connectivity index (χ1) is 8.29. The summed E-state index contributed by atoms with van der Waals surface area (Å²) in [7, 11) is -6.09. The molecule has 0 unspecified atom stereocenters. The Labute approximate surface area is 136 Å². The van der Waals surface area contributed by atoms with E-state index in [1.165, 1.54) is 0 Å². The maximum Gasteiger partial charge on any atom is 0.485 e. The number of halogens is 9. The van der Waals surface area contributed by atoms with Crippen LogP contribution in [-0.4, -0.2) is 18.5 Å². The van der Waals surface area contributed by atoms with E-state index in [0.717, 1.165) is 0 Å². The lowest BCUT2D eigenvalue weighted by molar-refractivity contribution is -0.419. The molecule has 0 aliphatic rings. The third-order valence-electron chi connectivity index (χ3n) is 1.27. The zero-order valence-corrected chi connectivity index (χ0v) is 13.1. The lowest BCUT2D eigenvalue weighted by Crippen LogP contribution is -3.00. The molecule has 0 aliphatic carbocycles. The highest BCUT2D eigenvalue weighted by atomic mass is 35.5. The minimum Gasteiger partial charge on any atom is -1.00 e. The zero-order chi connectivity index (χ0) is 15.6. The second-order valence-electron chi connectivity index (χ2n) is 2.59. The third-order valence-corrected chi connectivity index (χ3v) is 3.53. The highest BCUT2D eigenvalue weighted by Crippen LogP contribution is 2.33. The fourth-order valence-corrected chi connectivity index (χ4v) is 1.23. The van der Waals surface area contributed by atoms with Crippen LogP contribution in [0.5, 0.6) is 0 Å². The second kappa shape index (κ2) is 8.02. The van der Waals surface area contributed by atoms with Crippen LogP contribution < -0.4 is 17.4 Å². The topological polar surface area (TPSA) is 71.3 Å². The van der Waals surface area contributed by atoms with E-state index in [4.69, 9.17) is 59.4 Å². The second-order valence-corrected chi connectivity index (χ2v) is 5.48. The summed E-state index contributed by atoms with van der Waals surface area (Å²) in [6, 6.07) is 0. The van der Waals surface area contributed by atoms with Gasteiger partial charge in [-0.2, -0.15) is 18.2 Å². The van der Waals surface area contributed by atoms with Crippen molar-refractivity contribution < 1.29 is 47.9 Å². The number of hydrogen-bond donors (Lipinski definition) is 0. The van der Waals surface area contributed by atoms with E-state index in [1.807, 2.05) is 0 Å². The van der Waals surface area contributed by atoms with Crippen molar-refractivity contribution >= 4 is 56.5 Å². The van der Waals surface area contributed by atoms with Crippen LogP contribution in [0.3, 0.4) is 0 Å². The highest BCUT2D eigenvalue weighted by Gasteiger charge is 2.36. The molecule has 0 amide bonds. The van der Waals surface area contributed by atoms with Gasteiger partial charge < -0.3 is 17.0 Å². The van der Waals surface area contributed by atoms with Crippen molar-refractivity contribution in [1.29, 1.82) is 0 Å². The van der Waals surface area contributed by atoms with Crippen molar-refractivity contribution in [2.75, 3.05) is 0 Å². The van der Waals surface area contributed by atoms with Crippen molar-refractivity contribution in [3.63, 3.8) is 0 Å². The molecule has 0 bridgehead atoms. The normalized spacial score (nSPS) is 11.2. The molecule has 1 rings (SSSR count). The molecule has 0 aliphatic heterocycles. The van der Waals surface area contributed by atoms with Crippen LogP contribution in [0.25, 0.3) is 0 Å². The number of nitrogens with one attached hydrogen (secondary N) is 1. The predicted octanol–water partition coefficient (Wildman–Crippen LogP) is 0.309. The summed E-state index contributed by atoms with van der Waals surface area (Å²) < 4.78 is 71.5. The van der Waals surface area contributed by atoms with Crippen molar-refractivity contribution in [1.82, 2.24) is 0 Å². The summed E-state index contributed by atoms with van der Waals surface area (Å²) in [4.78, 5) is 2.10. The first-order valence-electron chi connectivity index (χ1n) is 3.72. The van der Waals surface area contributed by atoms with Gasteiger partial charge in [-0.25, -0.2) is 8.42 Å². The number of alkyl halides is 3. The largest absolute Gasteiger partial charge is 1.00 e. The predicted molar refractivity (Wildman–Crippen MR) is 58.7 cm³/mol. The zero-order valence-electron chi connectivity index (χ0n) is 8.53. The maximum atomic E-state index is 12.6. The lowest BCUT2D eigenvalue weighted by Gasteiger charge is -2.08. The number of aromatic amines is 1. The summed E-state index contributed by atoms with van der Waals surface area (Å²) in [5.41, 5.74) is -5.65. The Balaban J connectivity index is 0. The fraction of sp³-hybridized carbons (Fsp3) is 0.167. The van der Waals surface area contributed by atoms with E-state index in [-0.39, 0.29) is 32.6 Å². The van der Waals surface area contributed by atoms with E-state index in [2.05, 4.69) is 4.98 Å². The van der Waals surface area contributed by atoms with Crippen LogP contribution in [0.15, 0.2) is 0 Å². The Hall–Kier alpha value is 0.230. The molecule has 0 aromatic carbocycles. The van der Waals surface area contributed by atoms with Gasteiger partial charge in [-0.05, 0) is 11.6 Å². The van der Waals surface area contributed by atoms with E-state index < -0.39 is 21.6 Å². The maximum absolute atomic E-state index is 12.6. The lowest BCUT2D eigenvalue weighted by atomic mass is 10.5. The minimum absolute atomic E-state index is 0. The molecular formula is C6HCl5F4NO3S-. The van der Waals surface area contributed by atoms with Gasteiger partial charge in [0.05, 0.1) is 5.02 Å². The van der Waals surface area contributed by atoms with Crippen molar-refractivity contribution in [2.45, 2.75) is 5.51 Å². The van der Waals surface area contributed by atoms with Crippen LogP contribution in [0.1, 0.15) is 0 Å². The smallest absolute Gasteiger partial charge is 0.485 e. The van der Waals surface area contributed by atoms with Crippen LogP contribution >= 0.6 is 46.4 Å². The third kappa shape index (κ3) is 6.33. The Kier molecular flexibility index (Phi) is 9.03. The van der Waals surface area contributed by atoms with Gasteiger partial charge in [-0.3, -0.25) is 0 Å². The molecular weight excluding hydrogens is 419 g/mol. The fourth-order valence-electron chi connectivity index (χ4n) is 0.495. The summed E-state index contributed by atoms with van der Waals surface area (Å²) >= 11 is 21.8. The number of pyridine rings is 1. The monoisotopic (exact) mass is 418 g/mol. The molecule has 4 nitrogen and oxygen atoms in total.